The molecule has 0 saturated heterocycles. The van der Waals surface area contributed by atoms with Gasteiger partial charge in [-0.05, 0) is 6.92 Å². The van der Waals surface area contributed by atoms with Crippen LogP contribution in [0.3, 0.4) is 0 Å². The third-order valence-electron chi connectivity index (χ3n) is 2.06. The van der Waals surface area contributed by atoms with Crippen molar-refractivity contribution in [2.24, 2.45) is 0 Å². The largest absolute Gasteiger partial charge is 0.369 e. The average molecular weight is 253 g/mol. The minimum absolute atomic E-state index is 0.0984. The molecule has 5 nitrogen and oxygen atoms in total. The number of nitro groups is 1. The summed E-state index contributed by atoms with van der Waals surface area (Å²) in [5.41, 5.74) is 0.669. The third-order valence-corrected chi connectivity index (χ3v) is 3.02. The van der Waals surface area contributed by atoms with Gasteiger partial charge >= 0.3 is 0 Å². The molecule has 0 aliphatic carbocycles. The van der Waals surface area contributed by atoms with E-state index in [2.05, 4.69) is 16.9 Å². The molecular formula is C11H15N3O2S. The number of aromatic nitrogens is 1. The Labute approximate surface area is 104 Å². The van der Waals surface area contributed by atoms with Gasteiger partial charge < -0.3 is 5.32 Å². The van der Waals surface area contributed by atoms with Gasteiger partial charge in [-0.1, -0.05) is 6.08 Å². The summed E-state index contributed by atoms with van der Waals surface area (Å²) < 4.78 is 0. The van der Waals surface area contributed by atoms with Crippen LogP contribution in [0.25, 0.3) is 0 Å². The van der Waals surface area contributed by atoms with Crippen LogP contribution >= 0.6 is 11.8 Å². The van der Waals surface area contributed by atoms with E-state index in [9.17, 15) is 10.1 Å². The Morgan fingerprint density at radius 2 is 2.47 bits per heavy atom. The number of pyridine rings is 1. The van der Waals surface area contributed by atoms with Crippen molar-refractivity contribution in [1.82, 2.24) is 4.98 Å². The minimum Gasteiger partial charge on any atom is -0.369 e. The molecule has 6 heteroatoms. The molecule has 0 amide bonds. The molecule has 0 fully saturated rings. The molecular weight excluding hydrogens is 238 g/mol. The van der Waals surface area contributed by atoms with E-state index in [4.69, 9.17) is 0 Å². The first-order valence-corrected chi connectivity index (χ1v) is 6.34. The Kier molecular flexibility index (Phi) is 5.48. The zero-order chi connectivity index (χ0) is 12.7. The smallest absolute Gasteiger partial charge is 0.277 e. The highest BCUT2D eigenvalue weighted by Gasteiger charge is 2.11. The van der Waals surface area contributed by atoms with Crippen LogP contribution in [-0.2, 0) is 0 Å². The number of thioether (sulfide) groups is 1. The van der Waals surface area contributed by atoms with Crippen LogP contribution in [-0.4, -0.2) is 28.0 Å². The third kappa shape index (κ3) is 4.44. The molecule has 1 aromatic heterocycles. The molecule has 0 unspecified atom stereocenters. The minimum atomic E-state index is -0.394. The summed E-state index contributed by atoms with van der Waals surface area (Å²) in [5.74, 6) is 2.36. The highest BCUT2D eigenvalue weighted by molar-refractivity contribution is 7.99. The normalized spacial score (nSPS) is 9.94. The molecule has 0 aliphatic rings. The van der Waals surface area contributed by atoms with Crippen molar-refractivity contribution >= 4 is 23.3 Å². The van der Waals surface area contributed by atoms with Gasteiger partial charge in [0.2, 0.25) is 0 Å². The van der Waals surface area contributed by atoms with E-state index >= 15 is 0 Å². The molecule has 0 aliphatic heterocycles. The lowest BCUT2D eigenvalue weighted by Crippen LogP contribution is -2.06. The molecule has 1 rings (SSSR count). The van der Waals surface area contributed by atoms with Gasteiger partial charge in [0.15, 0.2) is 0 Å². The van der Waals surface area contributed by atoms with Gasteiger partial charge in [-0.15, -0.1) is 6.58 Å². The lowest BCUT2D eigenvalue weighted by Gasteiger charge is -2.05. The molecule has 0 atom stereocenters. The van der Waals surface area contributed by atoms with Crippen LogP contribution in [0.4, 0.5) is 11.5 Å². The molecule has 0 saturated carbocycles. The second-order valence-electron chi connectivity index (χ2n) is 3.40. The molecule has 0 aromatic carbocycles. The summed E-state index contributed by atoms with van der Waals surface area (Å²) in [4.78, 5) is 14.4. The van der Waals surface area contributed by atoms with Gasteiger partial charge in [0.05, 0.1) is 11.0 Å². The van der Waals surface area contributed by atoms with E-state index in [1.807, 2.05) is 6.08 Å². The maximum atomic E-state index is 10.7. The van der Waals surface area contributed by atoms with Crippen molar-refractivity contribution in [2.75, 3.05) is 23.4 Å². The van der Waals surface area contributed by atoms with E-state index in [0.29, 0.717) is 11.4 Å². The molecule has 0 spiro atoms. The quantitative estimate of drug-likeness (QED) is 0.350. The number of hydrogen-bond acceptors (Lipinski definition) is 5. The number of hydrogen-bond donors (Lipinski definition) is 1. The second kappa shape index (κ2) is 6.90. The SMILES string of the molecule is C=CCSCCNc1cc([N+](=O)[O-])c(C)cn1. The highest BCUT2D eigenvalue weighted by Crippen LogP contribution is 2.19. The fourth-order valence-electron chi connectivity index (χ4n) is 1.22. The standard InChI is InChI=1S/C11H15N3O2S/c1-3-5-17-6-4-12-11-7-10(14(15)16)9(2)8-13-11/h3,7-8H,1,4-6H2,2H3,(H,12,13). The van der Waals surface area contributed by atoms with Gasteiger partial charge in [0.25, 0.3) is 5.69 Å². The lowest BCUT2D eigenvalue weighted by molar-refractivity contribution is -0.385. The van der Waals surface area contributed by atoms with Crippen LogP contribution < -0.4 is 5.32 Å². The first kappa shape index (κ1) is 13.5. The van der Waals surface area contributed by atoms with Crippen molar-refractivity contribution in [3.63, 3.8) is 0 Å². The summed E-state index contributed by atoms with van der Waals surface area (Å²) in [6, 6.07) is 1.47. The Balaban J connectivity index is 2.51. The van der Waals surface area contributed by atoms with Gasteiger partial charge in [-0.25, -0.2) is 4.98 Å². The topological polar surface area (TPSA) is 68.1 Å². The van der Waals surface area contributed by atoms with Gasteiger partial charge in [0.1, 0.15) is 5.82 Å². The Morgan fingerprint density at radius 1 is 1.71 bits per heavy atom. The Hall–Kier alpha value is -1.56. The van der Waals surface area contributed by atoms with E-state index in [1.165, 1.54) is 12.3 Å². The maximum absolute atomic E-state index is 10.7. The second-order valence-corrected chi connectivity index (χ2v) is 4.55. The van der Waals surface area contributed by atoms with E-state index in [0.717, 1.165) is 18.1 Å². The monoisotopic (exact) mass is 253 g/mol. The maximum Gasteiger partial charge on any atom is 0.277 e. The average Bonchev–Trinajstić information content (AvgIpc) is 2.30. The number of aryl methyl sites for hydroxylation is 1. The summed E-state index contributed by atoms with van der Waals surface area (Å²) in [6.07, 6.45) is 3.36. The van der Waals surface area contributed by atoms with E-state index in [1.54, 1.807) is 18.7 Å². The van der Waals surface area contributed by atoms with E-state index in [-0.39, 0.29) is 5.69 Å². The van der Waals surface area contributed by atoms with Gasteiger partial charge in [-0.2, -0.15) is 11.8 Å². The fraction of sp³-hybridized carbons (Fsp3) is 0.364. The van der Waals surface area contributed by atoms with Crippen LogP contribution in [0.5, 0.6) is 0 Å². The molecule has 17 heavy (non-hydrogen) atoms. The number of nitrogens with zero attached hydrogens (tertiary/aromatic N) is 2. The van der Waals surface area contributed by atoms with Crippen molar-refractivity contribution in [3.8, 4) is 0 Å². The fourth-order valence-corrected chi connectivity index (χ4v) is 1.80. The zero-order valence-corrected chi connectivity index (χ0v) is 10.5. The van der Waals surface area contributed by atoms with Crippen molar-refractivity contribution < 1.29 is 4.92 Å². The molecule has 1 aromatic rings. The summed E-state index contributed by atoms with van der Waals surface area (Å²) in [7, 11) is 0. The lowest BCUT2D eigenvalue weighted by atomic mass is 10.2. The molecule has 1 heterocycles. The Bertz CT molecular complexity index is 410. The van der Waals surface area contributed by atoms with E-state index < -0.39 is 4.92 Å². The summed E-state index contributed by atoms with van der Waals surface area (Å²) in [6.45, 7) is 6.03. The summed E-state index contributed by atoms with van der Waals surface area (Å²) >= 11 is 1.74. The highest BCUT2D eigenvalue weighted by atomic mass is 32.2. The molecule has 0 bridgehead atoms. The molecule has 1 N–H and O–H groups in total. The molecule has 0 radical (unpaired) electrons. The van der Waals surface area contributed by atoms with Gasteiger partial charge in [-0.3, -0.25) is 10.1 Å². The number of nitrogens with one attached hydrogen (secondary N) is 1. The van der Waals surface area contributed by atoms with Crippen molar-refractivity contribution in [2.45, 2.75) is 6.92 Å². The predicted molar refractivity (Wildman–Crippen MR) is 71.6 cm³/mol. The van der Waals surface area contributed by atoms with Crippen molar-refractivity contribution in [3.05, 3.63) is 40.6 Å². The number of rotatable bonds is 7. The first-order chi connectivity index (χ1) is 8.15. The number of anilines is 1. The van der Waals surface area contributed by atoms with Gasteiger partial charge in [0, 0.05) is 29.8 Å². The summed E-state index contributed by atoms with van der Waals surface area (Å²) in [5, 5.41) is 13.8. The Morgan fingerprint density at radius 3 is 3.12 bits per heavy atom. The van der Waals surface area contributed by atoms with Crippen LogP contribution in [0, 0.1) is 17.0 Å². The molecule has 92 valence electrons. The van der Waals surface area contributed by atoms with Crippen molar-refractivity contribution in [1.29, 1.82) is 0 Å². The van der Waals surface area contributed by atoms with Crippen LogP contribution in [0.15, 0.2) is 24.9 Å². The zero-order valence-electron chi connectivity index (χ0n) is 9.68. The van der Waals surface area contributed by atoms with Crippen LogP contribution in [0.2, 0.25) is 0 Å². The van der Waals surface area contributed by atoms with Crippen LogP contribution in [0.1, 0.15) is 5.56 Å². The first-order valence-electron chi connectivity index (χ1n) is 5.18. The predicted octanol–water partition coefficient (Wildman–Crippen LogP) is 2.63.